The molecule has 0 aliphatic carbocycles. The van der Waals surface area contributed by atoms with Crippen molar-refractivity contribution in [2.75, 3.05) is 49.5 Å². The molecule has 1 aliphatic heterocycles. The van der Waals surface area contributed by atoms with Crippen molar-refractivity contribution in [1.82, 2.24) is 4.90 Å². The lowest BCUT2D eigenvalue weighted by molar-refractivity contribution is -0.116. The van der Waals surface area contributed by atoms with Crippen molar-refractivity contribution in [3.8, 4) is 5.75 Å². The van der Waals surface area contributed by atoms with Gasteiger partial charge in [-0.1, -0.05) is 12.1 Å². The van der Waals surface area contributed by atoms with E-state index in [1.807, 2.05) is 31.2 Å². The summed E-state index contributed by atoms with van der Waals surface area (Å²) >= 11 is 0. The maximum atomic E-state index is 12.3. The van der Waals surface area contributed by atoms with Crippen LogP contribution in [0.3, 0.4) is 0 Å². The molecular weight excluding hydrogens is 350 g/mol. The highest BCUT2D eigenvalue weighted by molar-refractivity contribution is 5.90. The molecule has 1 heterocycles. The van der Waals surface area contributed by atoms with Crippen molar-refractivity contribution in [2.45, 2.75) is 27.2 Å². The van der Waals surface area contributed by atoms with E-state index >= 15 is 0 Å². The van der Waals surface area contributed by atoms with Crippen LogP contribution in [0.15, 0.2) is 42.5 Å². The summed E-state index contributed by atoms with van der Waals surface area (Å²) in [4.78, 5) is 17.1. The first-order valence-electron chi connectivity index (χ1n) is 10.1. The Morgan fingerprint density at radius 2 is 1.75 bits per heavy atom. The second-order valence-electron chi connectivity index (χ2n) is 7.30. The number of hydrogen-bond acceptors (Lipinski definition) is 4. The Bertz CT molecular complexity index is 781. The summed E-state index contributed by atoms with van der Waals surface area (Å²) in [5.74, 6) is 0.878. The number of carbonyl (C=O) groups is 1. The number of piperazine rings is 1. The molecule has 2 aromatic rings. The molecule has 1 aliphatic rings. The Morgan fingerprint density at radius 1 is 1.04 bits per heavy atom. The van der Waals surface area contributed by atoms with Crippen LogP contribution in [0.4, 0.5) is 11.4 Å². The zero-order valence-corrected chi connectivity index (χ0v) is 17.2. The van der Waals surface area contributed by atoms with Crippen LogP contribution < -0.4 is 15.0 Å². The Morgan fingerprint density at radius 3 is 2.43 bits per heavy atom. The number of nitrogens with zero attached hydrogens (tertiary/aromatic N) is 2. The van der Waals surface area contributed by atoms with Crippen LogP contribution in [-0.4, -0.2) is 50.1 Å². The molecule has 0 atom stereocenters. The molecule has 1 amide bonds. The van der Waals surface area contributed by atoms with E-state index < -0.39 is 0 Å². The van der Waals surface area contributed by atoms with Crippen molar-refractivity contribution >= 4 is 17.3 Å². The van der Waals surface area contributed by atoms with Gasteiger partial charge < -0.3 is 15.0 Å². The first-order valence-corrected chi connectivity index (χ1v) is 10.1. The van der Waals surface area contributed by atoms with Crippen LogP contribution >= 0.6 is 0 Å². The Kier molecular flexibility index (Phi) is 6.93. The van der Waals surface area contributed by atoms with Crippen LogP contribution in [0, 0.1) is 13.8 Å². The normalized spacial score (nSPS) is 14.8. The van der Waals surface area contributed by atoms with E-state index in [0.717, 1.165) is 44.2 Å². The predicted molar refractivity (Wildman–Crippen MR) is 115 cm³/mol. The summed E-state index contributed by atoms with van der Waals surface area (Å²) in [6.45, 7) is 11.7. The molecule has 1 fully saturated rings. The van der Waals surface area contributed by atoms with E-state index in [-0.39, 0.29) is 5.91 Å². The molecule has 0 unspecified atom stereocenters. The van der Waals surface area contributed by atoms with Gasteiger partial charge in [0.15, 0.2) is 0 Å². The van der Waals surface area contributed by atoms with Gasteiger partial charge in [0.05, 0.1) is 6.61 Å². The molecule has 0 bridgehead atoms. The second kappa shape index (κ2) is 9.60. The van der Waals surface area contributed by atoms with Gasteiger partial charge in [0.1, 0.15) is 5.75 Å². The lowest BCUT2D eigenvalue weighted by Crippen LogP contribution is -2.47. The fourth-order valence-electron chi connectivity index (χ4n) is 3.57. The lowest BCUT2D eigenvalue weighted by atomic mass is 10.1. The van der Waals surface area contributed by atoms with Crippen LogP contribution in [0.1, 0.15) is 24.5 Å². The fourth-order valence-corrected chi connectivity index (χ4v) is 3.57. The van der Waals surface area contributed by atoms with Crippen molar-refractivity contribution in [3.05, 3.63) is 53.6 Å². The van der Waals surface area contributed by atoms with Gasteiger partial charge in [0.25, 0.3) is 0 Å². The third-order valence-electron chi connectivity index (χ3n) is 5.39. The summed E-state index contributed by atoms with van der Waals surface area (Å²) in [6, 6.07) is 14.0. The maximum Gasteiger partial charge on any atom is 0.225 e. The van der Waals surface area contributed by atoms with Crippen molar-refractivity contribution in [3.63, 3.8) is 0 Å². The topological polar surface area (TPSA) is 44.8 Å². The molecule has 5 nitrogen and oxygen atoms in total. The van der Waals surface area contributed by atoms with Crippen LogP contribution in [-0.2, 0) is 4.79 Å². The van der Waals surface area contributed by atoms with E-state index in [2.05, 4.69) is 47.2 Å². The van der Waals surface area contributed by atoms with Gasteiger partial charge in [0, 0.05) is 50.5 Å². The number of rotatable bonds is 7. The Hall–Kier alpha value is -2.53. The minimum Gasteiger partial charge on any atom is -0.494 e. The molecule has 1 N–H and O–H groups in total. The third kappa shape index (κ3) is 5.26. The maximum absolute atomic E-state index is 12.3. The molecule has 2 aromatic carbocycles. The number of benzene rings is 2. The van der Waals surface area contributed by atoms with E-state index in [4.69, 9.17) is 4.74 Å². The van der Waals surface area contributed by atoms with Gasteiger partial charge in [-0.3, -0.25) is 9.69 Å². The standard InChI is InChI=1S/C23H31N3O2/c1-4-28-21-10-8-20(9-11-21)24-23(27)12-13-25-14-16-26(17-15-25)22-7-5-6-18(2)19(22)3/h5-11H,4,12-17H2,1-3H3,(H,24,27). The average Bonchev–Trinajstić information content (AvgIpc) is 2.71. The summed E-state index contributed by atoms with van der Waals surface area (Å²) in [6.07, 6.45) is 0.511. The Labute approximate surface area is 168 Å². The van der Waals surface area contributed by atoms with Crippen LogP contribution in [0.2, 0.25) is 0 Å². The molecule has 150 valence electrons. The average molecular weight is 382 g/mol. The second-order valence-corrected chi connectivity index (χ2v) is 7.30. The van der Waals surface area contributed by atoms with Gasteiger partial charge in [0.2, 0.25) is 5.91 Å². The van der Waals surface area contributed by atoms with E-state index in [1.54, 1.807) is 0 Å². The van der Waals surface area contributed by atoms with Crippen molar-refractivity contribution < 1.29 is 9.53 Å². The fraction of sp³-hybridized carbons (Fsp3) is 0.435. The van der Waals surface area contributed by atoms with Crippen LogP contribution in [0.25, 0.3) is 0 Å². The molecule has 0 spiro atoms. The largest absolute Gasteiger partial charge is 0.494 e. The van der Waals surface area contributed by atoms with Gasteiger partial charge >= 0.3 is 0 Å². The number of carbonyl (C=O) groups excluding carboxylic acids is 1. The molecule has 5 heteroatoms. The quantitative estimate of drug-likeness (QED) is 0.791. The first kappa shape index (κ1) is 20.2. The van der Waals surface area contributed by atoms with Crippen molar-refractivity contribution in [1.29, 1.82) is 0 Å². The lowest BCUT2D eigenvalue weighted by Gasteiger charge is -2.37. The summed E-state index contributed by atoms with van der Waals surface area (Å²) in [5, 5.41) is 2.97. The molecule has 0 aromatic heterocycles. The number of anilines is 2. The predicted octanol–water partition coefficient (Wildman–Crippen LogP) is 3.85. The molecule has 3 rings (SSSR count). The van der Waals surface area contributed by atoms with Gasteiger partial charge in [-0.15, -0.1) is 0 Å². The minimum absolute atomic E-state index is 0.0566. The molecular formula is C23H31N3O2. The number of amides is 1. The highest BCUT2D eigenvalue weighted by Gasteiger charge is 2.19. The molecule has 1 saturated heterocycles. The monoisotopic (exact) mass is 381 g/mol. The number of ether oxygens (including phenoxy) is 1. The zero-order chi connectivity index (χ0) is 19.9. The smallest absolute Gasteiger partial charge is 0.225 e. The van der Waals surface area contributed by atoms with Gasteiger partial charge in [-0.25, -0.2) is 0 Å². The Balaban J connectivity index is 1.42. The molecule has 0 saturated carbocycles. The van der Waals surface area contributed by atoms with Crippen molar-refractivity contribution in [2.24, 2.45) is 0 Å². The number of aryl methyl sites for hydroxylation is 1. The van der Waals surface area contributed by atoms with E-state index in [9.17, 15) is 4.79 Å². The number of nitrogens with one attached hydrogen (secondary N) is 1. The van der Waals surface area contributed by atoms with E-state index in [1.165, 1.54) is 16.8 Å². The molecule has 28 heavy (non-hydrogen) atoms. The highest BCUT2D eigenvalue weighted by Crippen LogP contribution is 2.24. The SMILES string of the molecule is CCOc1ccc(NC(=O)CCN2CCN(c3cccc(C)c3C)CC2)cc1. The third-order valence-corrected chi connectivity index (χ3v) is 5.39. The van der Waals surface area contributed by atoms with Gasteiger partial charge in [-0.05, 0) is 62.2 Å². The molecule has 0 radical (unpaired) electrons. The summed E-state index contributed by atoms with van der Waals surface area (Å²) < 4.78 is 5.42. The minimum atomic E-state index is 0.0566. The highest BCUT2D eigenvalue weighted by atomic mass is 16.5. The summed E-state index contributed by atoms with van der Waals surface area (Å²) in [5.41, 5.74) is 4.86. The summed E-state index contributed by atoms with van der Waals surface area (Å²) in [7, 11) is 0. The zero-order valence-electron chi connectivity index (χ0n) is 17.2. The van der Waals surface area contributed by atoms with Gasteiger partial charge in [-0.2, -0.15) is 0 Å². The number of hydrogen-bond donors (Lipinski definition) is 1. The van der Waals surface area contributed by atoms with E-state index in [0.29, 0.717) is 13.0 Å². The van der Waals surface area contributed by atoms with Crippen LogP contribution in [0.5, 0.6) is 5.75 Å². The first-order chi connectivity index (χ1) is 13.6.